The van der Waals surface area contributed by atoms with Crippen LogP contribution < -0.4 is 11.1 Å². The number of hydrogen-bond donors (Lipinski definition) is 4. The molecule has 7 heteroatoms. The van der Waals surface area contributed by atoms with Gasteiger partial charge in [-0.25, -0.2) is 4.79 Å². The number of benzene rings is 4. The van der Waals surface area contributed by atoms with Gasteiger partial charge in [0.1, 0.15) is 12.1 Å². The zero-order valence-corrected chi connectivity index (χ0v) is 24.1. The molecular formula is C36H36N2O5. The molecule has 6 rings (SSSR count). The second-order valence-corrected chi connectivity index (χ2v) is 11.1. The Bertz CT molecular complexity index is 1550. The molecule has 2 aliphatic rings. The lowest BCUT2D eigenvalue weighted by atomic mass is 9.82. The molecule has 220 valence electrons. The van der Waals surface area contributed by atoms with Gasteiger partial charge < -0.3 is 21.3 Å². The highest BCUT2D eigenvalue weighted by atomic mass is 16.4. The minimum absolute atomic E-state index is 0.276. The highest BCUT2D eigenvalue weighted by molar-refractivity contribution is 5.84. The van der Waals surface area contributed by atoms with E-state index < -0.39 is 24.0 Å². The summed E-state index contributed by atoms with van der Waals surface area (Å²) in [7, 11) is 0. The molecule has 4 aromatic carbocycles. The minimum atomic E-state index is -1.02. The zero-order chi connectivity index (χ0) is 30.5. The Labute approximate surface area is 251 Å². The van der Waals surface area contributed by atoms with Gasteiger partial charge >= 0.3 is 11.9 Å². The van der Waals surface area contributed by atoms with Crippen molar-refractivity contribution in [2.45, 2.75) is 56.5 Å². The number of carbonyl (C=O) groups is 3. The fourth-order valence-corrected chi connectivity index (χ4v) is 6.53. The first kappa shape index (κ1) is 29.7. The number of carboxylic acids is 2. The van der Waals surface area contributed by atoms with Crippen LogP contribution in [0.3, 0.4) is 0 Å². The van der Waals surface area contributed by atoms with Gasteiger partial charge in [0.25, 0.3) is 0 Å². The summed E-state index contributed by atoms with van der Waals surface area (Å²) >= 11 is 0. The van der Waals surface area contributed by atoms with E-state index in [1.165, 1.54) is 18.1 Å². The zero-order valence-electron chi connectivity index (χ0n) is 24.1. The summed E-state index contributed by atoms with van der Waals surface area (Å²) in [5, 5.41) is 21.7. The van der Waals surface area contributed by atoms with Crippen LogP contribution in [0.2, 0.25) is 0 Å². The Hall–Kier alpha value is -4.75. The predicted octanol–water partition coefficient (Wildman–Crippen LogP) is 4.84. The maximum atomic E-state index is 11.9. The second-order valence-electron chi connectivity index (χ2n) is 11.1. The smallest absolute Gasteiger partial charge is 0.327 e. The molecule has 0 radical (unpaired) electrons. The van der Waals surface area contributed by atoms with Gasteiger partial charge in [-0.05, 0) is 70.2 Å². The SMILES string of the molecule is CC(=O)NC(C(=O)O)C1c2ccccc2CCc2ccccc21.NC(C(=O)O)C1c2ccccc2CCc2ccccc21. The first-order chi connectivity index (χ1) is 20.8. The van der Waals surface area contributed by atoms with E-state index in [1.54, 1.807) is 0 Å². The quantitative estimate of drug-likeness (QED) is 0.269. The van der Waals surface area contributed by atoms with E-state index in [9.17, 15) is 24.6 Å². The minimum Gasteiger partial charge on any atom is -0.480 e. The summed E-state index contributed by atoms with van der Waals surface area (Å²) in [6.45, 7) is 1.35. The Kier molecular flexibility index (Phi) is 9.02. The van der Waals surface area contributed by atoms with E-state index in [-0.39, 0.29) is 17.7 Å². The molecule has 5 N–H and O–H groups in total. The summed E-state index contributed by atoms with van der Waals surface area (Å²) in [5.41, 5.74) is 14.7. The highest BCUT2D eigenvalue weighted by Gasteiger charge is 2.35. The van der Waals surface area contributed by atoms with Crippen LogP contribution in [0.1, 0.15) is 63.3 Å². The topological polar surface area (TPSA) is 130 Å². The van der Waals surface area contributed by atoms with Crippen LogP contribution in [0.5, 0.6) is 0 Å². The molecule has 2 atom stereocenters. The third-order valence-corrected chi connectivity index (χ3v) is 8.49. The molecule has 0 spiro atoms. The first-order valence-corrected chi connectivity index (χ1v) is 14.6. The summed E-state index contributed by atoms with van der Waals surface area (Å²) in [6, 6.07) is 30.0. The number of hydrogen-bond acceptors (Lipinski definition) is 4. The van der Waals surface area contributed by atoms with Gasteiger partial charge in [-0.3, -0.25) is 9.59 Å². The van der Waals surface area contributed by atoms with Crippen LogP contribution in [0.15, 0.2) is 97.1 Å². The Morgan fingerprint density at radius 3 is 1.23 bits per heavy atom. The highest BCUT2D eigenvalue weighted by Crippen LogP contribution is 2.37. The van der Waals surface area contributed by atoms with Crippen LogP contribution in [-0.2, 0) is 40.1 Å². The molecule has 0 fully saturated rings. The monoisotopic (exact) mass is 576 g/mol. The van der Waals surface area contributed by atoms with Crippen molar-refractivity contribution < 1.29 is 24.6 Å². The lowest BCUT2D eigenvalue weighted by Gasteiger charge is -2.27. The summed E-state index contributed by atoms with van der Waals surface area (Å²) < 4.78 is 0. The fraction of sp³-hybridized carbons (Fsp3) is 0.250. The summed E-state index contributed by atoms with van der Waals surface area (Å²) in [6.07, 6.45) is 3.60. The molecule has 0 heterocycles. The molecular weight excluding hydrogens is 540 g/mol. The largest absolute Gasteiger partial charge is 0.480 e. The van der Waals surface area contributed by atoms with Crippen molar-refractivity contribution in [3.63, 3.8) is 0 Å². The van der Waals surface area contributed by atoms with Crippen LogP contribution in [0.25, 0.3) is 0 Å². The van der Waals surface area contributed by atoms with E-state index in [2.05, 4.69) is 17.4 Å². The number of carbonyl (C=O) groups excluding carboxylic acids is 1. The number of nitrogens with two attached hydrogens (primary N) is 1. The lowest BCUT2D eigenvalue weighted by molar-refractivity contribution is -0.142. The van der Waals surface area contributed by atoms with Crippen molar-refractivity contribution in [3.8, 4) is 0 Å². The van der Waals surface area contributed by atoms with E-state index in [1.807, 2.05) is 84.9 Å². The maximum absolute atomic E-state index is 11.9. The molecule has 0 bridgehead atoms. The number of fused-ring (bicyclic) bond motifs is 4. The molecule has 1 amide bonds. The van der Waals surface area contributed by atoms with Crippen LogP contribution in [-0.4, -0.2) is 40.1 Å². The summed E-state index contributed by atoms with van der Waals surface area (Å²) in [4.78, 5) is 34.8. The first-order valence-electron chi connectivity index (χ1n) is 14.6. The van der Waals surface area contributed by atoms with Gasteiger partial charge in [0.15, 0.2) is 0 Å². The van der Waals surface area contributed by atoms with Gasteiger partial charge in [-0.1, -0.05) is 97.1 Å². The molecule has 0 saturated heterocycles. The second kappa shape index (κ2) is 13.0. The molecule has 0 aliphatic heterocycles. The number of nitrogens with one attached hydrogen (secondary N) is 1. The number of rotatable bonds is 5. The third kappa shape index (κ3) is 6.37. The van der Waals surface area contributed by atoms with Crippen molar-refractivity contribution in [2.75, 3.05) is 0 Å². The van der Waals surface area contributed by atoms with E-state index >= 15 is 0 Å². The van der Waals surface area contributed by atoms with Gasteiger partial charge in [-0.2, -0.15) is 0 Å². The van der Waals surface area contributed by atoms with Crippen LogP contribution in [0, 0.1) is 0 Å². The Morgan fingerprint density at radius 2 is 0.930 bits per heavy atom. The average molecular weight is 577 g/mol. The van der Waals surface area contributed by atoms with Gasteiger partial charge in [0.05, 0.1) is 0 Å². The number of aliphatic carboxylic acids is 2. The molecule has 43 heavy (non-hydrogen) atoms. The fourth-order valence-electron chi connectivity index (χ4n) is 6.53. The van der Waals surface area contributed by atoms with Crippen LogP contribution >= 0.6 is 0 Å². The lowest BCUT2D eigenvalue weighted by Crippen LogP contribution is -2.44. The van der Waals surface area contributed by atoms with Crippen molar-refractivity contribution >= 4 is 17.8 Å². The molecule has 4 aromatic rings. The van der Waals surface area contributed by atoms with E-state index in [4.69, 9.17) is 5.73 Å². The van der Waals surface area contributed by atoms with Crippen molar-refractivity contribution in [1.82, 2.24) is 5.32 Å². The van der Waals surface area contributed by atoms with Gasteiger partial charge in [-0.15, -0.1) is 0 Å². The van der Waals surface area contributed by atoms with Crippen molar-refractivity contribution in [1.29, 1.82) is 0 Å². The summed E-state index contributed by atoms with van der Waals surface area (Å²) in [5.74, 6) is -2.97. The predicted molar refractivity (Wildman–Crippen MR) is 165 cm³/mol. The molecule has 7 nitrogen and oxygen atoms in total. The Morgan fingerprint density at radius 1 is 0.605 bits per heavy atom. The third-order valence-electron chi connectivity index (χ3n) is 8.49. The molecule has 2 aliphatic carbocycles. The number of aryl methyl sites for hydroxylation is 4. The average Bonchev–Trinajstić information content (AvgIpc) is 3.28. The molecule has 0 aromatic heterocycles. The molecule has 2 unspecified atom stereocenters. The van der Waals surface area contributed by atoms with Crippen molar-refractivity contribution in [3.05, 3.63) is 142 Å². The van der Waals surface area contributed by atoms with Crippen molar-refractivity contribution in [2.24, 2.45) is 5.73 Å². The normalized spacial score (nSPS) is 15.4. The molecule has 0 saturated carbocycles. The van der Waals surface area contributed by atoms with Gasteiger partial charge in [0.2, 0.25) is 5.91 Å². The standard InChI is InChI=1S/C19H19NO3.C17H17NO2/c1-12(21)20-18(19(22)23)17-15-8-4-2-6-13(15)10-11-14-7-3-5-9-16(14)17;18-16(17(19)20)15-13-7-3-1-5-11(13)9-10-12-6-2-4-8-14(12)15/h2-9,17-18H,10-11H2,1H3,(H,20,21)(H,22,23);1-8,15-16H,9-10,18H2,(H,19,20). The number of carboxylic acid groups (broad SMARTS) is 2. The Balaban J connectivity index is 0.000000173. The van der Waals surface area contributed by atoms with E-state index in [0.29, 0.717) is 0 Å². The van der Waals surface area contributed by atoms with Gasteiger partial charge in [0, 0.05) is 18.8 Å². The number of amides is 1. The van der Waals surface area contributed by atoms with E-state index in [0.717, 1.165) is 59.1 Å². The maximum Gasteiger partial charge on any atom is 0.327 e. The van der Waals surface area contributed by atoms with Crippen LogP contribution in [0.4, 0.5) is 0 Å².